The zero-order valence-corrected chi connectivity index (χ0v) is 9.82. The molecule has 0 saturated carbocycles. The fourth-order valence-electron chi connectivity index (χ4n) is 2.21. The molecule has 1 aliphatic heterocycles. The second-order valence-electron chi connectivity index (χ2n) is 4.38. The van der Waals surface area contributed by atoms with Crippen LogP contribution in [0.3, 0.4) is 0 Å². The van der Waals surface area contributed by atoms with Crippen molar-refractivity contribution < 1.29 is 13.2 Å². The number of nitrogens with zero attached hydrogens (tertiary/aromatic N) is 1. The van der Waals surface area contributed by atoms with Crippen molar-refractivity contribution in [1.82, 2.24) is 10.2 Å². The van der Waals surface area contributed by atoms with Crippen LogP contribution in [0, 0.1) is 0 Å². The average molecular weight is 238 g/mol. The summed E-state index contributed by atoms with van der Waals surface area (Å²) < 4.78 is 36.6. The first-order valence-corrected chi connectivity index (χ1v) is 6.04. The van der Waals surface area contributed by atoms with E-state index in [1.165, 1.54) is 0 Å². The van der Waals surface area contributed by atoms with Crippen LogP contribution < -0.4 is 5.32 Å². The van der Waals surface area contributed by atoms with E-state index in [1.807, 2.05) is 11.8 Å². The Balaban J connectivity index is 2.39. The van der Waals surface area contributed by atoms with Crippen molar-refractivity contribution in [2.24, 2.45) is 0 Å². The minimum absolute atomic E-state index is 0.155. The molecule has 0 aromatic rings. The Morgan fingerprint density at radius 3 is 2.31 bits per heavy atom. The van der Waals surface area contributed by atoms with Gasteiger partial charge in [0.05, 0.1) is 6.42 Å². The Morgan fingerprint density at radius 1 is 1.19 bits per heavy atom. The van der Waals surface area contributed by atoms with Gasteiger partial charge in [0, 0.05) is 12.6 Å². The van der Waals surface area contributed by atoms with Gasteiger partial charge in [0.15, 0.2) is 0 Å². The molecule has 0 atom stereocenters. The first-order valence-electron chi connectivity index (χ1n) is 6.04. The normalized spacial score (nSPS) is 19.3. The summed E-state index contributed by atoms with van der Waals surface area (Å²) in [5, 5.41) is 3.24. The molecule has 0 bridgehead atoms. The summed E-state index contributed by atoms with van der Waals surface area (Å²) in [6.07, 6.45) is -1.85. The maximum Gasteiger partial charge on any atom is 0.390 e. The van der Waals surface area contributed by atoms with Crippen molar-refractivity contribution in [3.05, 3.63) is 0 Å². The molecule has 0 radical (unpaired) electrons. The summed E-state index contributed by atoms with van der Waals surface area (Å²) in [6, 6.07) is 0.337. The van der Waals surface area contributed by atoms with Gasteiger partial charge in [0.2, 0.25) is 0 Å². The number of rotatable bonds is 5. The first-order chi connectivity index (χ1) is 7.53. The van der Waals surface area contributed by atoms with Crippen molar-refractivity contribution >= 4 is 0 Å². The summed E-state index contributed by atoms with van der Waals surface area (Å²) >= 11 is 0. The molecule has 0 amide bonds. The highest BCUT2D eigenvalue weighted by molar-refractivity contribution is 4.78. The van der Waals surface area contributed by atoms with Crippen molar-refractivity contribution in [2.75, 3.05) is 26.2 Å². The van der Waals surface area contributed by atoms with Crippen LogP contribution in [0.5, 0.6) is 0 Å². The summed E-state index contributed by atoms with van der Waals surface area (Å²) in [6.45, 7) is 4.80. The molecule has 1 aliphatic rings. The molecule has 1 rings (SSSR count). The van der Waals surface area contributed by atoms with Crippen LogP contribution in [0.25, 0.3) is 0 Å². The lowest BCUT2D eigenvalue weighted by atomic mass is 10.0. The smallest absolute Gasteiger partial charge is 0.317 e. The van der Waals surface area contributed by atoms with E-state index < -0.39 is 12.6 Å². The highest BCUT2D eigenvalue weighted by Gasteiger charge is 2.29. The maximum absolute atomic E-state index is 12.2. The Bertz CT molecular complexity index is 188. The number of piperidine rings is 1. The number of nitrogens with one attached hydrogen (secondary N) is 1. The highest BCUT2D eigenvalue weighted by atomic mass is 19.4. The molecule has 0 aromatic carbocycles. The number of hydrogen-bond donors (Lipinski definition) is 1. The Hall–Kier alpha value is -0.290. The summed E-state index contributed by atoms with van der Waals surface area (Å²) in [5.74, 6) is 0. The third-order valence-corrected chi connectivity index (χ3v) is 3.02. The largest absolute Gasteiger partial charge is 0.390 e. The summed E-state index contributed by atoms with van der Waals surface area (Å²) in [4.78, 5) is 2.01. The second kappa shape index (κ2) is 6.45. The van der Waals surface area contributed by atoms with E-state index in [2.05, 4.69) is 5.32 Å². The summed E-state index contributed by atoms with van der Waals surface area (Å²) in [7, 11) is 0. The van der Waals surface area contributed by atoms with Gasteiger partial charge in [-0.05, 0) is 38.9 Å². The molecule has 0 unspecified atom stereocenters. The van der Waals surface area contributed by atoms with Crippen molar-refractivity contribution in [2.45, 2.75) is 44.8 Å². The van der Waals surface area contributed by atoms with Crippen LogP contribution in [-0.4, -0.2) is 43.3 Å². The predicted octanol–water partition coefficient (Wildman–Crippen LogP) is 2.40. The molecule has 0 aromatic heterocycles. The lowest BCUT2D eigenvalue weighted by Crippen LogP contribution is -2.44. The predicted molar refractivity (Wildman–Crippen MR) is 58.4 cm³/mol. The fraction of sp³-hybridized carbons (Fsp3) is 1.00. The van der Waals surface area contributed by atoms with E-state index in [1.54, 1.807) is 0 Å². The van der Waals surface area contributed by atoms with Gasteiger partial charge in [-0.15, -0.1) is 0 Å². The fourth-order valence-corrected chi connectivity index (χ4v) is 2.21. The molecule has 2 nitrogen and oxygen atoms in total. The molecule has 1 N–H and O–H groups in total. The van der Waals surface area contributed by atoms with Gasteiger partial charge in [0.25, 0.3) is 0 Å². The van der Waals surface area contributed by atoms with Gasteiger partial charge < -0.3 is 5.32 Å². The average Bonchev–Trinajstić information content (AvgIpc) is 2.24. The van der Waals surface area contributed by atoms with E-state index in [0.29, 0.717) is 6.04 Å². The zero-order chi connectivity index (χ0) is 12.0. The Labute approximate surface area is 95.2 Å². The van der Waals surface area contributed by atoms with E-state index in [0.717, 1.165) is 38.9 Å². The van der Waals surface area contributed by atoms with Gasteiger partial charge in [0.1, 0.15) is 0 Å². The Kier molecular flexibility index (Phi) is 5.55. The van der Waals surface area contributed by atoms with Crippen molar-refractivity contribution in [1.29, 1.82) is 0 Å². The number of alkyl halides is 3. The van der Waals surface area contributed by atoms with Crippen LogP contribution in [0.1, 0.15) is 32.6 Å². The monoisotopic (exact) mass is 238 g/mol. The third kappa shape index (κ3) is 5.16. The van der Waals surface area contributed by atoms with Crippen LogP contribution in [0.4, 0.5) is 13.2 Å². The third-order valence-electron chi connectivity index (χ3n) is 3.02. The van der Waals surface area contributed by atoms with E-state index >= 15 is 0 Å². The van der Waals surface area contributed by atoms with E-state index in [9.17, 15) is 13.2 Å². The summed E-state index contributed by atoms with van der Waals surface area (Å²) in [5.41, 5.74) is 0. The van der Waals surface area contributed by atoms with Crippen molar-refractivity contribution in [3.63, 3.8) is 0 Å². The first kappa shape index (κ1) is 13.8. The van der Waals surface area contributed by atoms with E-state index in [4.69, 9.17) is 0 Å². The zero-order valence-electron chi connectivity index (χ0n) is 9.82. The van der Waals surface area contributed by atoms with Gasteiger partial charge in [-0.1, -0.05) is 6.92 Å². The van der Waals surface area contributed by atoms with Gasteiger partial charge in [-0.2, -0.15) is 13.2 Å². The lowest BCUT2D eigenvalue weighted by Gasteiger charge is -2.34. The lowest BCUT2D eigenvalue weighted by molar-refractivity contribution is -0.139. The quantitative estimate of drug-likeness (QED) is 0.791. The van der Waals surface area contributed by atoms with Crippen LogP contribution >= 0.6 is 0 Å². The van der Waals surface area contributed by atoms with Gasteiger partial charge in [-0.3, -0.25) is 4.90 Å². The molecular formula is C11H21F3N2. The molecule has 0 aliphatic carbocycles. The van der Waals surface area contributed by atoms with E-state index in [-0.39, 0.29) is 6.54 Å². The standard InChI is InChI=1S/C11H21F3N2/c1-2-8-16(9-5-11(12,13)14)10-3-6-15-7-4-10/h10,15H,2-9H2,1H3. The second-order valence-corrected chi connectivity index (χ2v) is 4.38. The molecule has 0 spiro atoms. The molecule has 96 valence electrons. The highest BCUT2D eigenvalue weighted by Crippen LogP contribution is 2.22. The number of halogens is 3. The molecule has 1 heterocycles. The van der Waals surface area contributed by atoms with Gasteiger partial charge in [-0.25, -0.2) is 0 Å². The molecular weight excluding hydrogens is 217 g/mol. The van der Waals surface area contributed by atoms with Crippen LogP contribution in [0.2, 0.25) is 0 Å². The van der Waals surface area contributed by atoms with Gasteiger partial charge >= 0.3 is 6.18 Å². The molecule has 16 heavy (non-hydrogen) atoms. The maximum atomic E-state index is 12.2. The van der Waals surface area contributed by atoms with Crippen LogP contribution in [0.15, 0.2) is 0 Å². The molecule has 5 heteroatoms. The minimum Gasteiger partial charge on any atom is -0.317 e. The SMILES string of the molecule is CCCN(CCC(F)(F)F)C1CCNCC1. The van der Waals surface area contributed by atoms with Crippen LogP contribution in [-0.2, 0) is 0 Å². The molecule has 1 saturated heterocycles. The topological polar surface area (TPSA) is 15.3 Å². The molecule has 1 fully saturated rings. The Morgan fingerprint density at radius 2 is 1.81 bits per heavy atom. The minimum atomic E-state index is -4.03. The number of hydrogen-bond acceptors (Lipinski definition) is 2. The van der Waals surface area contributed by atoms with Crippen molar-refractivity contribution in [3.8, 4) is 0 Å².